The molecule has 1 aliphatic heterocycles. The molecule has 128 valence electrons. The van der Waals surface area contributed by atoms with Crippen molar-refractivity contribution in [3.05, 3.63) is 53.5 Å². The van der Waals surface area contributed by atoms with Gasteiger partial charge in [-0.25, -0.2) is 14.4 Å². The molecule has 4 heterocycles. The van der Waals surface area contributed by atoms with E-state index in [-0.39, 0.29) is 11.5 Å². The highest BCUT2D eigenvalue weighted by molar-refractivity contribution is 5.55. The Kier molecular flexibility index (Phi) is 3.89. The van der Waals surface area contributed by atoms with Gasteiger partial charge in [0.25, 0.3) is 0 Å². The molecule has 4 rings (SSSR count). The molecule has 0 fully saturated rings. The number of anilines is 1. The number of fused-ring (bicyclic) bond motifs is 1. The second-order valence-corrected chi connectivity index (χ2v) is 6.12. The van der Waals surface area contributed by atoms with Crippen LogP contribution in [-0.4, -0.2) is 36.2 Å². The lowest BCUT2D eigenvalue weighted by atomic mass is 10.2. The molecule has 0 saturated carbocycles. The van der Waals surface area contributed by atoms with E-state index < -0.39 is 0 Å². The van der Waals surface area contributed by atoms with E-state index in [4.69, 9.17) is 5.73 Å². The number of hydrogen-bond acceptors (Lipinski definition) is 6. The number of nitrogen functional groups attached to an aromatic ring is 1. The first kappa shape index (κ1) is 15.6. The highest BCUT2D eigenvalue weighted by Gasteiger charge is 2.21. The Labute approximate surface area is 144 Å². The van der Waals surface area contributed by atoms with Gasteiger partial charge in [-0.05, 0) is 25.1 Å². The van der Waals surface area contributed by atoms with Crippen molar-refractivity contribution in [1.29, 1.82) is 0 Å². The molecule has 7 nitrogen and oxygen atoms in total. The van der Waals surface area contributed by atoms with Crippen molar-refractivity contribution in [3.63, 3.8) is 0 Å². The van der Waals surface area contributed by atoms with Crippen LogP contribution < -0.4 is 5.73 Å². The minimum absolute atomic E-state index is 0.284. The SMILES string of the molecule is Cc1ncc(CN2CCn3nc(-c4ncccc4F)cc3C2)c(N)n1. The third kappa shape index (κ3) is 3.08. The third-order valence-electron chi connectivity index (χ3n) is 4.29. The van der Waals surface area contributed by atoms with Crippen molar-refractivity contribution in [3.8, 4) is 11.4 Å². The molecule has 2 N–H and O–H groups in total. The average Bonchev–Trinajstić information content (AvgIpc) is 3.01. The molecule has 0 unspecified atom stereocenters. The fourth-order valence-corrected chi connectivity index (χ4v) is 3.02. The number of hydrogen-bond donors (Lipinski definition) is 1. The molecule has 0 radical (unpaired) electrons. The Morgan fingerprint density at radius 3 is 2.96 bits per heavy atom. The number of nitrogens with zero attached hydrogens (tertiary/aromatic N) is 6. The second kappa shape index (κ2) is 6.21. The summed E-state index contributed by atoms with van der Waals surface area (Å²) in [5.74, 6) is 0.821. The number of pyridine rings is 1. The van der Waals surface area contributed by atoms with E-state index in [1.807, 2.05) is 17.7 Å². The summed E-state index contributed by atoms with van der Waals surface area (Å²) in [4.78, 5) is 14.8. The van der Waals surface area contributed by atoms with E-state index in [0.29, 0.717) is 30.4 Å². The molecule has 25 heavy (non-hydrogen) atoms. The quantitative estimate of drug-likeness (QED) is 0.783. The zero-order valence-corrected chi connectivity index (χ0v) is 13.9. The third-order valence-corrected chi connectivity index (χ3v) is 4.29. The van der Waals surface area contributed by atoms with E-state index in [9.17, 15) is 4.39 Å². The molecule has 3 aromatic heterocycles. The van der Waals surface area contributed by atoms with Gasteiger partial charge in [0.2, 0.25) is 0 Å². The Morgan fingerprint density at radius 1 is 1.28 bits per heavy atom. The van der Waals surface area contributed by atoms with Crippen LogP contribution in [-0.2, 0) is 19.6 Å². The maximum Gasteiger partial charge on any atom is 0.151 e. The average molecular weight is 339 g/mol. The Morgan fingerprint density at radius 2 is 2.16 bits per heavy atom. The minimum atomic E-state index is -0.362. The lowest BCUT2D eigenvalue weighted by molar-refractivity contribution is 0.205. The lowest BCUT2D eigenvalue weighted by Gasteiger charge is -2.27. The summed E-state index contributed by atoms with van der Waals surface area (Å²) >= 11 is 0. The Hall–Kier alpha value is -2.87. The van der Waals surface area contributed by atoms with Crippen LogP contribution in [0.5, 0.6) is 0 Å². The Balaban J connectivity index is 1.54. The number of nitrogens with two attached hydrogens (primary N) is 1. The van der Waals surface area contributed by atoms with Crippen LogP contribution in [0.2, 0.25) is 0 Å². The fourth-order valence-electron chi connectivity index (χ4n) is 3.02. The Bertz CT molecular complexity index is 921. The minimum Gasteiger partial charge on any atom is -0.383 e. The highest BCUT2D eigenvalue weighted by atomic mass is 19.1. The first-order chi connectivity index (χ1) is 12.1. The molecule has 0 amide bonds. The number of aryl methyl sites for hydroxylation is 1. The van der Waals surface area contributed by atoms with Gasteiger partial charge in [0.05, 0.1) is 12.2 Å². The summed E-state index contributed by atoms with van der Waals surface area (Å²) in [5, 5.41) is 4.49. The fraction of sp³-hybridized carbons (Fsp3) is 0.294. The highest BCUT2D eigenvalue weighted by Crippen LogP contribution is 2.23. The molecule has 0 saturated heterocycles. The van der Waals surface area contributed by atoms with Crippen LogP contribution in [0.4, 0.5) is 10.2 Å². The normalized spacial score (nSPS) is 14.5. The second-order valence-electron chi connectivity index (χ2n) is 6.12. The summed E-state index contributed by atoms with van der Waals surface area (Å²) in [6.07, 6.45) is 3.35. The molecular weight excluding hydrogens is 321 g/mol. The van der Waals surface area contributed by atoms with Crippen LogP contribution in [0.25, 0.3) is 11.4 Å². The van der Waals surface area contributed by atoms with Crippen LogP contribution in [0.3, 0.4) is 0 Å². The first-order valence-electron chi connectivity index (χ1n) is 8.08. The van der Waals surface area contributed by atoms with E-state index >= 15 is 0 Å². The molecule has 0 bridgehead atoms. The van der Waals surface area contributed by atoms with Crippen molar-refractivity contribution >= 4 is 5.82 Å². The van der Waals surface area contributed by atoms with Crippen molar-refractivity contribution in [2.75, 3.05) is 12.3 Å². The van der Waals surface area contributed by atoms with E-state index in [1.54, 1.807) is 18.5 Å². The molecular formula is C17H18FN7. The summed E-state index contributed by atoms with van der Waals surface area (Å²) in [6, 6.07) is 4.87. The van der Waals surface area contributed by atoms with Crippen LogP contribution >= 0.6 is 0 Å². The van der Waals surface area contributed by atoms with Crippen molar-refractivity contribution < 1.29 is 4.39 Å². The van der Waals surface area contributed by atoms with Gasteiger partial charge in [0.1, 0.15) is 23.0 Å². The monoisotopic (exact) mass is 339 g/mol. The van der Waals surface area contributed by atoms with Crippen LogP contribution in [0, 0.1) is 12.7 Å². The number of rotatable bonds is 3. The van der Waals surface area contributed by atoms with Gasteiger partial charge in [-0.1, -0.05) is 0 Å². The zero-order chi connectivity index (χ0) is 17.4. The summed E-state index contributed by atoms with van der Waals surface area (Å²) < 4.78 is 15.8. The molecule has 0 atom stereocenters. The van der Waals surface area contributed by atoms with Gasteiger partial charge < -0.3 is 5.73 Å². The topological polar surface area (TPSA) is 85.8 Å². The predicted octanol–water partition coefficient (Wildman–Crippen LogP) is 1.78. The predicted molar refractivity (Wildman–Crippen MR) is 90.7 cm³/mol. The molecule has 0 aliphatic carbocycles. The summed E-state index contributed by atoms with van der Waals surface area (Å²) in [5.41, 5.74) is 8.77. The van der Waals surface area contributed by atoms with E-state index in [2.05, 4.69) is 25.0 Å². The van der Waals surface area contributed by atoms with E-state index in [1.165, 1.54) is 6.07 Å². The van der Waals surface area contributed by atoms with Crippen molar-refractivity contribution in [1.82, 2.24) is 29.6 Å². The van der Waals surface area contributed by atoms with E-state index in [0.717, 1.165) is 24.3 Å². The van der Waals surface area contributed by atoms with Gasteiger partial charge in [-0.3, -0.25) is 14.6 Å². The molecule has 1 aliphatic rings. The van der Waals surface area contributed by atoms with Gasteiger partial charge in [-0.2, -0.15) is 5.10 Å². The maximum atomic E-state index is 13.9. The number of halogens is 1. The summed E-state index contributed by atoms with van der Waals surface area (Å²) in [6.45, 7) is 4.75. The largest absolute Gasteiger partial charge is 0.383 e. The molecule has 0 spiro atoms. The molecule has 0 aromatic carbocycles. The van der Waals surface area contributed by atoms with Crippen molar-refractivity contribution in [2.45, 2.75) is 26.6 Å². The van der Waals surface area contributed by atoms with Gasteiger partial charge in [0, 0.05) is 37.6 Å². The van der Waals surface area contributed by atoms with Gasteiger partial charge >= 0.3 is 0 Å². The zero-order valence-electron chi connectivity index (χ0n) is 13.9. The first-order valence-corrected chi connectivity index (χ1v) is 8.08. The maximum absolute atomic E-state index is 13.9. The van der Waals surface area contributed by atoms with Crippen LogP contribution in [0.1, 0.15) is 17.1 Å². The molecule has 3 aromatic rings. The lowest BCUT2D eigenvalue weighted by Crippen LogP contribution is -2.33. The number of aromatic nitrogens is 5. The van der Waals surface area contributed by atoms with Crippen molar-refractivity contribution in [2.24, 2.45) is 0 Å². The van der Waals surface area contributed by atoms with Crippen LogP contribution in [0.15, 0.2) is 30.6 Å². The standard InChI is InChI=1S/C17H18FN7/c1-11-21-8-12(17(19)22-11)9-24-5-6-25-13(10-24)7-15(23-25)16-14(18)3-2-4-20-16/h2-4,7-8H,5-6,9-10H2,1H3,(H2,19,21,22). The molecule has 8 heteroatoms. The smallest absolute Gasteiger partial charge is 0.151 e. The summed E-state index contributed by atoms with van der Waals surface area (Å²) in [7, 11) is 0. The van der Waals surface area contributed by atoms with Gasteiger partial charge in [-0.15, -0.1) is 0 Å². The van der Waals surface area contributed by atoms with Gasteiger partial charge in [0.15, 0.2) is 5.82 Å².